The van der Waals surface area contributed by atoms with Gasteiger partial charge in [-0.1, -0.05) is 12.1 Å². The maximum absolute atomic E-state index is 12.8. The van der Waals surface area contributed by atoms with Crippen LogP contribution in [0.2, 0.25) is 0 Å². The molecule has 0 aliphatic carbocycles. The van der Waals surface area contributed by atoms with Gasteiger partial charge < -0.3 is 15.4 Å². The molecule has 0 aliphatic heterocycles. The number of halogens is 1. The lowest BCUT2D eigenvalue weighted by Gasteiger charge is -2.18. The van der Waals surface area contributed by atoms with E-state index in [9.17, 15) is 4.39 Å². The normalized spacial score (nSPS) is 10.4. The van der Waals surface area contributed by atoms with Gasteiger partial charge in [0, 0.05) is 13.6 Å². The molecule has 4 nitrogen and oxygen atoms in total. The topological polar surface area (TPSA) is 51.4 Å². The van der Waals surface area contributed by atoms with Crippen molar-refractivity contribution in [2.24, 2.45) is 0 Å². The quantitative estimate of drug-likeness (QED) is 0.924. The maximum atomic E-state index is 12.8. The second kappa shape index (κ2) is 5.22. The first kappa shape index (κ1) is 12.6. The van der Waals surface area contributed by atoms with E-state index in [1.54, 1.807) is 19.2 Å². The summed E-state index contributed by atoms with van der Waals surface area (Å²) >= 11 is 1.28. The summed E-state index contributed by atoms with van der Waals surface area (Å²) in [7, 11) is 3.48. The Morgan fingerprint density at radius 2 is 2.06 bits per heavy atom. The van der Waals surface area contributed by atoms with Gasteiger partial charge >= 0.3 is 0 Å². The number of ether oxygens (including phenoxy) is 1. The van der Waals surface area contributed by atoms with Crippen molar-refractivity contribution in [1.29, 1.82) is 0 Å². The van der Waals surface area contributed by atoms with Gasteiger partial charge in [0.25, 0.3) is 0 Å². The van der Waals surface area contributed by atoms with E-state index in [0.717, 1.165) is 10.6 Å². The number of hydrogen-bond donors (Lipinski definition) is 1. The van der Waals surface area contributed by atoms with E-state index in [4.69, 9.17) is 10.5 Å². The SMILES string of the molecule is COc1c(N)nsc1N(C)Cc1ccc(F)cc1. The van der Waals surface area contributed by atoms with Crippen LogP contribution < -0.4 is 15.4 Å². The van der Waals surface area contributed by atoms with E-state index in [1.807, 2.05) is 11.9 Å². The minimum absolute atomic E-state index is 0.235. The monoisotopic (exact) mass is 267 g/mol. The zero-order chi connectivity index (χ0) is 13.1. The highest BCUT2D eigenvalue weighted by Crippen LogP contribution is 2.37. The van der Waals surface area contributed by atoms with Gasteiger partial charge in [-0.25, -0.2) is 4.39 Å². The molecule has 1 heterocycles. The summed E-state index contributed by atoms with van der Waals surface area (Å²) in [5.74, 6) is 0.745. The summed E-state index contributed by atoms with van der Waals surface area (Å²) in [5.41, 5.74) is 6.71. The van der Waals surface area contributed by atoms with Gasteiger partial charge in [-0.2, -0.15) is 4.37 Å². The highest BCUT2D eigenvalue weighted by atomic mass is 32.1. The van der Waals surface area contributed by atoms with Gasteiger partial charge in [-0.05, 0) is 29.2 Å². The van der Waals surface area contributed by atoms with Crippen LogP contribution in [0.4, 0.5) is 15.2 Å². The van der Waals surface area contributed by atoms with Crippen LogP contribution in [0.1, 0.15) is 5.56 Å². The Bertz CT molecular complexity index is 527. The highest BCUT2D eigenvalue weighted by Gasteiger charge is 2.15. The second-order valence-electron chi connectivity index (χ2n) is 3.89. The minimum atomic E-state index is -0.235. The predicted molar refractivity (Wildman–Crippen MR) is 71.6 cm³/mol. The highest BCUT2D eigenvalue weighted by molar-refractivity contribution is 7.11. The van der Waals surface area contributed by atoms with E-state index >= 15 is 0 Å². The molecule has 0 saturated carbocycles. The van der Waals surface area contributed by atoms with Crippen molar-refractivity contribution in [2.75, 3.05) is 24.8 Å². The van der Waals surface area contributed by atoms with Gasteiger partial charge in [0.2, 0.25) is 0 Å². The lowest BCUT2D eigenvalue weighted by Crippen LogP contribution is -2.15. The number of hydrogen-bond acceptors (Lipinski definition) is 5. The second-order valence-corrected chi connectivity index (χ2v) is 4.64. The number of benzene rings is 1. The number of aromatic nitrogens is 1. The fourth-order valence-electron chi connectivity index (χ4n) is 1.66. The van der Waals surface area contributed by atoms with Crippen molar-refractivity contribution in [3.05, 3.63) is 35.6 Å². The van der Waals surface area contributed by atoms with Crippen LogP contribution in [0.3, 0.4) is 0 Å². The van der Waals surface area contributed by atoms with Crippen molar-refractivity contribution >= 4 is 22.4 Å². The Morgan fingerprint density at radius 1 is 1.39 bits per heavy atom. The molecule has 0 radical (unpaired) electrons. The summed E-state index contributed by atoms with van der Waals surface area (Å²) in [4.78, 5) is 1.97. The maximum Gasteiger partial charge on any atom is 0.197 e. The molecule has 1 aromatic carbocycles. The smallest absolute Gasteiger partial charge is 0.197 e. The molecule has 96 valence electrons. The third-order valence-corrected chi connectivity index (χ3v) is 3.50. The molecule has 0 fully saturated rings. The molecule has 2 N–H and O–H groups in total. The first-order valence-corrected chi connectivity index (χ1v) is 6.14. The van der Waals surface area contributed by atoms with Crippen LogP contribution in [0.5, 0.6) is 5.75 Å². The Morgan fingerprint density at radius 3 is 2.67 bits per heavy atom. The lowest BCUT2D eigenvalue weighted by atomic mass is 10.2. The fraction of sp³-hybridized carbons (Fsp3) is 0.250. The van der Waals surface area contributed by atoms with E-state index < -0.39 is 0 Å². The van der Waals surface area contributed by atoms with Gasteiger partial charge in [0.1, 0.15) is 5.82 Å². The summed E-state index contributed by atoms with van der Waals surface area (Å²) in [6.07, 6.45) is 0. The molecule has 0 bridgehead atoms. The zero-order valence-corrected chi connectivity index (χ0v) is 11.0. The predicted octanol–water partition coefficient (Wildman–Crippen LogP) is 2.51. The molecule has 0 unspecified atom stereocenters. The third kappa shape index (κ3) is 2.53. The van der Waals surface area contributed by atoms with Crippen molar-refractivity contribution in [1.82, 2.24) is 4.37 Å². The number of anilines is 2. The van der Waals surface area contributed by atoms with Crippen LogP contribution in [-0.4, -0.2) is 18.5 Å². The Balaban J connectivity index is 2.16. The molecule has 2 rings (SSSR count). The molecule has 1 aromatic heterocycles. The van der Waals surface area contributed by atoms with Crippen molar-refractivity contribution in [3.63, 3.8) is 0 Å². The van der Waals surface area contributed by atoms with Gasteiger partial charge in [0.15, 0.2) is 16.6 Å². The number of nitrogens with two attached hydrogens (primary N) is 1. The lowest BCUT2D eigenvalue weighted by molar-refractivity contribution is 0.418. The molecular formula is C12H14FN3OS. The molecule has 0 aliphatic rings. The van der Waals surface area contributed by atoms with Gasteiger partial charge in [-0.3, -0.25) is 0 Å². The fourth-order valence-corrected chi connectivity index (χ4v) is 2.40. The molecule has 6 heteroatoms. The Labute approximate surface area is 109 Å². The summed E-state index contributed by atoms with van der Waals surface area (Å²) < 4.78 is 22.1. The van der Waals surface area contributed by atoms with Crippen LogP contribution in [0, 0.1) is 5.82 Å². The molecule has 0 spiro atoms. The van der Waals surface area contributed by atoms with Crippen molar-refractivity contribution in [2.45, 2.75) is 6.54 Å². The molecule has 0 amide bonds. The summed E-state index contributed by atoms with van der Waals surface area (Å²) in [5, 5.41) is 0.860. The molecule has 0 atom stereocenters. The zero-order valence-electron chi connectivity index (χ0n) is 10.2. The Kier molecular flexibility index (Phi) is 3.66. The molecular weight excluding hydrogens is 253 g/mol. The van der Waals surface area contributed by atoms with Crippen molar-refractivity contribution < 1.29 is 9.13 Å². The Hall–Kier alpha value is -1.82. The third-order valence-electron chi connectivity index (χ3n) is 2.54. The standard InChI is InChI=1S/C12H14FN3OS/c1-16(7-8-3-5-9(13)6-4-8)12-10(17-2)11(14)15-18-12/h3-6H,7H2,1-2H3,(H2,14,15). The molecule has 2 aromatic rings. The van der Waals surface area contributed by atoms with E-state index in [0.29, 0.717) is 18.1 Å². The number of nitrogens with zero attached hydrogens (tertiary/aromatic N) is 2. The van der Waals surface area contributed by atoms with Crippen LogP contribution in [-0.2, 0) is 6.54 Å². The average molecular weight is 267 g/mol. The van der Waals surface area contributed by atoms with Crippen LogP contribution in [0.15, 0.2) is 24.3 Å². The first-order valence-electron chi connectivity index (χ1n) is 5.36. The number of methoxy groups -OCH3 is 1. The number of rotatable bonds is 4. The van der Waals surface area contributed by atoms with E-state index in [-0.39, 0.29) is 5.82 Å². The molecule has 18 heavy (non-hydrogen) atoms. The first-order chi connectivity index (χ1) is 8.61. The summed E-state index contributed by atoms with van der Waals surface area (Å²) in [6, 6.07) is 6.40. The largest absolute Gasteiger partial charge is 0.490 e. The van der Waals surface area contributed by atoms with Crippen LogP contribution in [0.25, 0.3) is 0 Å². The molecule has 0 saturated heterocycles. The van der Waals surface area contributed by atoms with Crippen molar-refractivity contribution in [3.8, 4) is 5.75 Å². The minimum Gasteiger partial charge on any atom is -0.490 e. The van der Waals surface area contributed by atoms with E-state index in [2.05, 4.69) is 4.37 Å². The van der Waals surface area contributed by atoms with Gasteiger partial charge in [-0.15, -0.1) is 0 Å². The number of nitrogen functional groups attached to an aromatic ring is 1. The average Bonchev–Trinajstić information content (AvgIpc) is 2.73. The van der Waals surface area contributed by atoms with Crippen LogP contribution >= 0.6 is 11.5 Å². The summed E-state index contributed by atoms with van der Waals surface area (Å²) in [6.45, 7) is 0.637. The van der Waals surface area contributed by atoms with E-state index in [1.165, 1.54) is 23.7 Å². The van der Waals surface area contributed by atoms with Gasteiger partial charge in [0.05, 0.1) is 7.11 Å².